The number of alkyl halides is 3. The third-order valence-corrected chi connectivity index (χ3v) is 4.23. The lowest BCUT2D eigenvalue weighted by molar-refractivity contribution is -0.233. The second kappa shape index (κ2) is 7.06. The van der Waals surface area contributed by atoms with Crippen LogP contribution in [0.25, 0.3) is 0 Å². The van der Waals surface area contributed by atoms with Crippen LogP contribution < -0.4 is 4.90 Å². The van der Waals surface area contributed by atoms with Gasteiger partial charge in [-0.1, -0.05) is 11.8 Å². The van der Waals surface area contributed by atoms with Crippen LogP contribution in [0.2, 0.25) is 0 Å². The van der Waals surface area contributed by atoms with Gasteiger partial charge in [0.05, 0.1) is 0 Å². The first-order valence-corrected chi connectivity index (χ1v) is 7.96. The van der Waals surface area contributed by atoms with Gasteiger partial charge in [-0.05, 0) is 38.1 Å². The van der Waals surface area contributed by atoms with Crippen LogP contribution in [-0.4, -0.2) is 35.7 Å². The number of benzene rings is 1. The molecule has 1 unspecified atom stereocenters. The summed E-state index contributed by atoms with van der Waals surface area (Å²) in [6.45, 7) is 2.54. The summed E-state index contributed by atoms with van der Waals surface area (Å²) >= 11 is 0.356. The lowest BCUT2D eigenvalue weighted by atomic mass is 10.2. The van der Waals surface area contributed by atoms with Crippen LogP contribution in [0.1, 0.15) is 13.8 Å². The fourth-order valence-corrected chi connectivity index (χ4v) is 2.83. The molecule has 0 bridgehead atoms. The molecule has 0 aromatic heterocycles. The maximum Gasteiger partial charge on any atom is 0.451 e. The van der Waals surface area contributed by atoms with Crippen molar-refractivity contribution in [3.8, 4) is 0 Å². The molecular formula is C14H15F4N3O2S. The van der Waals surface area contributed by atoms with Crippen LogP contribution in [0.3, 0.4) is 0 Å². The van der Waals surface area contributed by atoms with E-state index in [4.69, 9.17) is 4.74 Å². The van der Waals surface area contributed by atoms with E-state index >= 15 is 0 Å². The highest BCUT2D eigenvalue weighted by molar-refractivity contribution is 8.00. The van der Waals surface area contributed by atoms with Gasteiger partial charge in [0.15, 0.2) is 0 Å². The van der Waals surface area contributed by atoms with Gasteiger partial charge < -0.3 is 9.64 Å². The average molecular weight is 365 g/mol. The molecule has 1 aliphatic rings. The highest BCUT2D eigenvalue weighted by Gasteiger charge is 2.60. The van der Waals surface area contributed by atoms with Crippen molar-refractivity contribution in [3.63, 3.8) is 0 Å². The van der Waals surface area contributed by atoms with E-state index in [0.29, 0.717) is 17.4 Å². The first-order valence-electron chi connectivity index (χ1n) is 6.97. The Morgan fingerprint density at radius 2 is 2.00 bits per heavy atom. The zero-order chi connectivity index (χ0) is 18.0. The van der Waals surface area contributed by atoms with Gasteiger partial charge in [0, 0.05) is 11.7 Å². The van der Waals surface area contributed by atoms with Crippen molar-refractivity contribution in [3.05, 3.63) is 30.1 Å². The Bertz CT molecular complexity index is 621. The van der Waals surface area contributed by atoms with E-state index in [1.807, 2.05) is 0 Å². The molecule has 1 amide bonds. The molecule has 1 aromatic carbocycles. The summed E-state index contributed by atoms with van der Waals surface area (Å²) in [6.07, 6.45) is -4.80. The van der Waals surface area contributed by atoms with E-state index in [9.17, 15) is 22.4 Å². The number of carbonyl (C=O) groups excluding carboxylic acids is 1. The zero-order valence-corrected chi connectivity index (χ0v) is 13.7. The number of rotatable bonds is 5. The number of carbonyl (C=O) groups is 1. The smallest absolute Gasteiger partial charge is 0.327 e. The van der Waals surface area contributed by atoms with E-state index in [1.54, 1.807) is 13.8 Å². The zero-order valence-electron chi connectivity index (χ0n) is 12.9. The van der Waals surface area contributed by atoms with Crippen LogP contribution >= 0.6 is 11.8 Å². The standard InChI is InChI=1S/C14H15F4N3O2S/c1-9(2)21(11-5-3-10(15)4-6-11)12(22)7-23-14(13(16,17)18)20-19-8-24-14/h3-6,9H,7-8H2,1-2H3. The fraction of sp³-hybridized carbons (Fsp3) is 0.500. The molecule has 1 aliphatic heterocycles. The van der Waals surface area contributed by atoms with E-state index in [1.165, 1.54) is 17.0 Å². The van der Waals surface area contributed by atoms with Crippen LogP contribution in [0.5, 0.6) is 0 Å². The minimum Gasteiger partial charge on any atom is -0.327 e. The maximum atomic E-state index is 13.1. The summed E-state index contributed by atoms with van der Waals surface area (Å²) in [5.74, 6) is -1.37. The SMILES string of the molecule is CC(C)N(C(=O)COC1(C(F)(F)F)N=NCS1)c1ccc(F)cc1. The summed E-state index contributed by atoms with van der Waals surface area (Å²) in [4.78, 5) is 13.6. The number of nitrogens with zero attached hydrogens (tertiary/aromatic N) is 3. The fourth-order valence-electron chi connectivity index (χ4n) is 2.12. The van der Waals surface area contributed by atoms with Crippen LogP contribution in [0.4, 0.5) is 23.2 Å². The summed E-state index contributed by atoms with van der Waals surface area (Å²) < 4.78 is 57.2. The van der Waals surface area contributed by atoms with Crippen molar-refractivity contribution in [2.75, 3.05) is 17.4 Å². The Morgan fingerprint density at radius 1 is 1.38 bits per heavy atom. The number of amides is 1. The van der Waals surface area contributed by atoms with Gasteiger partial charge in [0.2, 0.25) is 0 Å². The molecule has 24 heavy (non-hydrogen) atoms. The van der Waals surface area contributed by atoms with Crippen molar-refractivity contribution >= 4 is 23.4 Å². The highest BCUT2D eigenvalue weighted by Crippen LogP contribution is 2.47. The summed E-state index contributed by atoms with van der Waals surface area (Å²) in [5, 5.41) is 3.57. The molecule has 1 atom stereocenters. The van der Waals surface area contributed by atoms with Crippen LogP contribution in [0.15, 0.2) is 34.5 Å². The third kappa shape index (κ3) is 3.86. The number of ether oxygens (including phenoxy) is 1. The molecule has 1 aromatic rings. The van der Waals surface area contributed by atoms with Crippen molar-refractivity contribution < 1.29 is 27.1 Å². The molecule has 0 saturated heterocycles. The molecule has 0 radical (unpaired) electrons. The molecular weight excluding hydrogens is 350 g/mol. The second-order valence-corrected chi connectivity index (χ2v) is 6.32. The highest BCUT2D eigenvalue weighted by atomic mass is 32.2. The molecule has 0 aliphatic carbocycles. The number of anilines is 1. The van der Waals surface area contributed by atoms with Crippen LogP contribution in [0, 0.1) is 5.82 Å². The Kier molecular flexibility index (Phi) is 5.49. The molecule has 0 N–H and O–H groups in total. The lowest BCUT2D eigenvalue weighted by Gasteiger charge is -2.30. The molecule has 5 nitrogen and oxygen atoms in total. The van der Waals surface area contributed by atoms with Crippen molar-refractivity contribution in [2.24, 2.45) is 10.2 Å². The number of hydrogen-bond donors (Lipinski definition) is 0. The first-order chi connectivity index (χ1) is 11.2. The van der Waals surface area contributed by atoms with Gasteiger partial charge in [0.1, 0.15) is 18.3 Å². The Balaban J connectivity index is 2.14. The van der Waals surface area contributed by atoms with E-state index in [0.717, 1.165) is 12.1 Å². The number of thioether (sulfide) groups is 1. The van der Waals surface area contributed by atoms with Gasteiger partial charge >= 0.3 is 11.2 Å². The largest absolute Gasteiger partial charge is 0.451 e. The molecule has 2 rings (SSSR count). The van der Waals surface area contributed by atoms with Gasteiger partial charge in [-0.3, -0.25) is 4.79 Å². The molecule has 0 saturated carbocycles. The van der Waals surface area contributed by atoms with Gasteiger partial charge in [-0.15, -0.1) is 5.11 Å². The predicted octanol–water partition coefficient (Wildman–Crippen LogP) is 3.96. The van der Waals surface area contributed by atoms with Gasteiger partial charge in [-0.25, -0.2) is 4.39 Å². The quantitative estimate of drug-likeness (QED) is 0.743. The number of azo groups is 1. The normalized spacial score (nSPS) is 20.6. The maximum absolute atomic E-state index is 13.1. The van der Waals surface area contributed by atoms with Crippen molar-refractivity contribution in [2.45, 2.75) is 31.1 Å². The van der Waals surface area contributed by atoms with Gasteiger partial charge in [0.25, 0.3) is 5.91 Å². The van der Waals surface area contributed by atoms with Crippen LogP contribution in [-0.2, 0) is 9.53 Å². The number of hydrogen-bond acceptors (Lipinski definition) is 5. The topological polar surface area (TPSA) is 54.3 Å². The van der Waals surface area contributed by atoms with E-state index in [2.05, 4.69) is 10.2 Å². The second-order valence-electron chi connectivity index (χ2n) is 5.22. The Morgan fingerprint density at radius 3 is 2.46 bits per heavy atom. The monoisotopic (exact) mass is 365 g/mol. The van der Waals surface area contributed by atoms with Gasteiger partial charge in [-0.2, -0.15) is 18.3 Å². The summed E-state index contributed by atoms with van der Waals surface area (Å²) in [6, 6.07) is 4.72. The van der Waals surface area contributed by atoms with Crippen molar-refractivity contribution in [1.82, 2.24) is 0 Å². The van der Waals surface area contributed by atoms with E-state index in [-0.39, 0.29) is 11.9 Å². The Hall–Kier alpha value is -1.68. The molecule has 10 heteroatoms. The third-order valence-electron chi connectivity index (χ3n) is 3.16. The van der Waals surface area contributed by atoms with Crippen molar-refractivity contribution in [1.29, 1.82) is 0 Å². The Labute approximate surface area is 140 Å². The predicted molar refractivity (Wildman–Crippen MR) is 81.1 cm³/mol. The summed E-state index contributed by atoms with van der Waals surface area (Å²) in [7, 11) is 0. The minimum atomic E-state index is -4.80. The lowest BCUT2D eigenvalue weighted by Crippen LogP contribution is -2.46. The summed E-state index contributed by atoms with van der Waals surface area (Å²) in [5.41, 5.74) is 0.363. The minimum absolute atomic E-state index is 0.195. The van der Waals surface area contributed by atoms with E-state index < -0.39 is 29.6 Å². The molecule has 0 spiro atoms. The molecule has 132 valence electrons. The molecule has 1 heterocycles. The molecule has 0 fully saturated rings. The first kappa shape index (κ1) is 18.7. The average Bonchev–Trinajstić information content (AvgIpc) is 2.97. The number of halogens is 4.